The van der Waals surface area contributed by atoms with Crippen LogP contribution in [0, 0.1) is 10.1 Å². The van der Waals surface area contributed by atoms with Gasteiger partial charge in [0.1, 0.15) is 5.82 Å². The Kier molecular flexibility index (Phi) is 2.32. The summed E-state index contributed by atoms with van der Waals surface area (Å²) in [6.07, 6.45) is 0.507. The van der Waals surface area contributed by atoms with E-state index in [1.54, 1.807) is 6.92 Å². The fraction of sp³-hybridized carbons (Fsp3) is 0.286. The van der Waals surface area contributed by atoms with Gasteiger partial charge in [-0.05, 0) is 12.5 Å². The number of hydrogen-bond donors (Lipinski definition) is 2. The molecular weight excluding hydrogens is 172 g/mol. The number of aryl methyl sites for hydroxylation is 1. The molecule has 0 amide bonds. The molecule has 6 heteroatoms. The maximum absolute atomic E-state index is 10.6. The van der Waals surface area contributed by atoms with Gasteiger partial charge in [0.25, 0.3) is 0 Å². The van der Waals surface area contributed by atoms with Crippen molar-refractivity contribution < 1.29 is 4.92 Å². The molecule has 4 N–H and O–H groups in total. The van der Waals surface area contributed by atoms with Gasteiger partial charge in [-0.3, -0.25) is 10.1 Å². The minimum atomic E-state index is -0.541. The lowest BCUT2D eigenvalue weighted by Gasteiger charge is -2.02. The van der Waals surface area contributed by atoms with Crippen LogP contribution in [0.25, 0.3) is 0 Å². The van der Waals surface area contributed by atoms with Gasteiger partial charge in [0.15, 0.2) is 0 Å². The summed E-state index contributed by atoms with van der Waals surface area (Å²) in [5.41, 5.74) is 11.1. The molecule has 0 aromatic carbocycles. The molecule has 0 bridgehead atoms. The van der Waals surface area contributed by atoms with Crippen LogP contribution in [0.5, 0.6) is 0 Å². The molecular formula is C7H10N4O2. The van der Waals surface area contributed by atoms with E-state index in [0.717, 1.165) is 0 Å². The van der Waals surface area contributed by atoms with E-state index in [0.29, 0.717) is 12.0 Å². The third kappa shape index (κ3) is 1.66. The number of rotatable bonds is 2. The summed E-state index contributed by atoms with van der Waals surface area (Å²) >= 11 is 0. The standard InChI is InChI=1S/C7H10N4O2/c1-2-4-3-5(8)10-7(9)6(4)11(12)13/h3H,2H2,1H3,(H4,8,9,10). The van der Waals surface area contributed by atoms with E-state index in [-0.39, 0.29) is 17.3 Å². The molecule has 0 saturated heterocycles. The summed E-state index contributed by atoms with van der Waals surface area (Å²) in [7, 11) is 0. The molecule has 0 unspecified atom stereocenters. The maximum Gasteiger partial charge on any atom is 0.314 e. The molecule has 0 spiro atoms. The molecule has 1 aromatic rings. The molecule has 0 radical (unpaired) electrons. The van der Waals surface area contributed by atoms with E-state index in [1.165, 1.54) is 6.07 Å². The third-order valence-electron chi connectivity index (χ3n) is 1.68. The molecule has 0 aliphatic rings. The summed E-state index contributed by atoms with van der Waals surface area (Å²) in [4.78, 5) is 13.6. The van der Waals surface area contributed by atoms with E-state index in [1.807, 2.05) is 0 Å². The summed E-state index contributed by atoms with van der Waals surface area (Å²) in [6.45, 7) is 1.79. The van der Waals surface area contributed by atoms with Crippen molar-refractivity contribution in [1.82, 2.24) is 4.98 Å². The van der Waals surface area contributed by atoms with E-state index in [4.69, 9.17) is 11.5 Å². The van der Waals surface area contributed by atoms with Gasteiger partial charge >= 0.3 is 5.69 Å². The lowest BCUT2D eigenvalue weighted by Crippen LogP contribution is -2.04. The Morgan fingerprint density at radius 2 is 2.23 bits per heavy atom. The predicted molar refractivity (Wildman–Crippen MR) is 49.1 cm³/mol. The average molecular weight is 182 g/mol. The second kappa shape index (κ2) is 3.26. The van der Waals surface area contributed by atoms with E-state index in [9.17, 15) is 10.1 Å². The highest BCUT2D eigenvalue weighted by molar-refractivity contribution is 5.61. The molecule has 6 nitrogen and oxygen atoms in total. The molecule has 13 heavy (non-hydrogen) atoms. The highest BCUT2D eigenvalue weighted by atomic mass is 16.6. The molecule has 0 aliphatic heterocycles. The molecule has 1 aromatic heterocycles. The number of anilines is 2. The summed E-state index contributed by atoms with van der Waals surface area (Å²) in [5.74, 6) is 0.0850. The Balaban J connectivity index is 3.38. The molecule has 70 valence electrons. The van der Waals surface area contributed by atoms with Crippen molar-refractivity contribution >= 4 is 17.3 Å². The number of nitrogen functional groups attached to an aromatic ring is 2. The van der Waals surface area contributed by atoms with Crippen LogP contribution in [0.4, 0.5) is 17.3 Å². The molecule has 0 fully saturated rings. The number of nitrogens with zero attached hydrogens (tertiary/aromatic N) is 2. The zero-order valence-corrected chi connectivity index (χ0v) is 7.15. The maximum atomic E-state index is 10.6. The van der Waals surface area contributed by atoms with Crippen molar-refractivity contribution in [2.75, 3.05) is 11.5 Å². The van der Waals surface area contributed by atoms with Crippen LogP contribution in [-0.2, 0) is 6.42 Å². The van der Waals surface area contributed by atoms with Gasteiger partial charge < -0.3 is 11.5 Å². The van der Waals surface area contributed by atoms with Crippen molar-refractivity contribution in [2.24, 2.45) is 0 Å². The van der Waals surface area contributed by atoms with Gasteiger partial charge in [0.05, 0.1) is 4.92 Å². The van der Waals surface area contributed by atoms with Crippen LogP contribution in [0.1, 0.15) is 12.5 Å². The van der Waals surface area contributed by atoms with Gasteiger partial charge in [0, 0.05) is 5.56 Å². The van der Waals surface area contributed by atoms with Crippen molar-refractivity contribution in [2.45, 2.75) is 13.3 Å². The van der Waals surface area contributed by atoms with E-state index >= 15 is 0 Å². The zero-order valence-electron chi connectivity index (χ0n) is 7.15. The van der Waals surface area contributed by atoms with Gasteiger partial charge in [-0.15, -0.1) is 0 Å². The smallest absolute Gasteiger partial charge is 0.314 e. The van der Waals surface area contributed by atoms with Gasteiger partial charge in [-0.2, -0.15) is 0 Å². The van der Waals surface area contributed by atoms with Crippen LogP contribution < -0.4 is 11.5 Å². The molecule has 0 atom stereocenters. The normalized spacial score (nSPS) is 9.92. The topological polar surface area (TPSA) is 108 Å². The van der Waals surface area contributed by atoms with Crippen molar-refractivity contribution in [3.8, 4) is 0 Å². The molecule has 1 heterocycles. The largest absolute Gasteiger partial charge is 0.384 e. The lowest BCUT2D eigenvalue weighted by molar-refractivity contribution is -0.384. The Labute approximate surface area is 74.7 Å². The van der Waals surface area contributed by atoms with Crippen molar-refractivity contribution in [1.29, 1.82) is 0 Å². The van der Waals surface area contributed by atoms with Crippen LogP contribution >= 0.6 is 0 Å². The number of pyridine rings is 1. The van der Waals surface area contributed by atoms with E-state index < -0.39 is 4.92 Å². The monoisotopic (exact) mass is 182 g/mol. The average Bonchev–Trinajstić information content (AvgIpc) is 2.01. The van der Waals surface area contributed by atoms with Crippen molar-refractivity contribution in [3.63, 3.8) is 0 Å². The quantitative estimate of drug-likeness (QED) is 0.517. The minimum Gasteiger partial charge on any atom is -0.384 e. The van der Waals surface area contributed by atoms with Gasteiger partial charge in [-0.25, -0.2) is 4.98 Å². The first kappa shape index (κ1) is 9.24. The number of nitro groups is 1. The van der Waals surface area contributed by atoms with Crippen LogP contribution in [-0.4, -0.2) is 9.91 Å². The molecule has 0 aliphatic carbocycles. The molecule has 1 rings (SSSR count). The second-order valence-corrected chi connectivity index (χ2v) is 2.55. The Morgan fingerprint density at radius 3 is 2.69 bits per heavy atom. The first-order chi connectivity index (χ1) is 6.06. The summed E-state index contributed by atoms with van der Waals surface area (Å²) < 4.78 is 0. The summed E-state index contributed by atoms with van der Waals surface area (Å²) in [6, 6.07) is 1.47. The fourth-order valence-electron chi connectivity index (χ4n) is 1.12. The number of aromatic nitrogens is 1. The van der Waals surface area contributed by atoms with E-state index in [2.05, 4.69) is 4.98 Å². The fourth-order valence-corrected chi connectivity index (χ4v) is 1.12. The predicted octanol–water partition coefficient (Wildman–Crippen LogP) is 0.717. The Bertz CT molecular complexity index is 351. The third-order valence-corrected chi connectivity index (χ3v) is 1.68. The van der Waals surface area contributed by atoms with Gasteiger partial charge in [-0.1, -0.05) is 6.92 Å². The first-order valence-corrected chi connectivity index (χ1v) is 3.75. The zero-order chi connectivity index (χ0) is 10.0. The SMILES string of the molecule is CCc1cc(N)nc(N)c1[N+](=O)[O-]. The van der Waals surface area contributed by atoms with Gasteiger partial charge in [0.2, 0.25) is 5.82 Å². The first-order valence-electron chi connectivity index (χ1n) is 3.75. The number of hydrogen-bond acceptors (Lipinski definition) is 5. The van der Waals surface area contributed by atoms with Crippen molar-refractivity contribution in [3.05, 3.63) is 21.7 Å². The van der Waals surface area contributed by atoms with Crippen LogP contribution in [0.15, 0.2) is 6.07 Å². The highest BCUT2D eigenvalue weighted by Crippen LogP contribution is 2.26. The Morgan fingerprint density at radius 1 is 1.62 bits per heavy atom. The van der Waals surface area contributed by atoms with Crippen LogP contribution in [0.3, 0.4) is 0 Å². The summed E-state index contributed by atoms with van der Waals surface area (Å²) in [5, 5.41) is 10.6. The highest BCUT2D eigenvalue weighted by Gasteiger charge is 2.18. The minimum absolute atomic E-state index is 0.123. The Hall–Kier alpha value is -1.85. The van der Waals surface area contributed by atoms with Crippen LogP contribution in [0.2, 0.25) is 0 Å². The second-order valence-electron chi connectivity index (χ2n) is 2.55. The molecule has 0 saturated carbocycles. The number of nitrogens with two attached hydrogens (primary N) is 2. The lowest BCUT2D eigenvalue weighted by atomic mass is 10.1.